The van der Waals surface area contributed by atoms with Gasteiger partial charge in [-0.3, -0.25) is 9.80 Å². The number of rotatable bonds is 4. The number of aryl methyl sites for hydroxylation is 2. The van der Waals surface area contributed by atoms with Gasteiger partial charge in [0, 0.05) is 25.4 Å². The number of sulfone groups is 1. The van der Waals surface area contributed by atoms with E-state index in [4.69, 9.17) is 0 Å². The molecule has 1 saturated heterocycles. The van der Waals surface area contributed by atoms with E-state index in [0.29, 0.717) is 12.0 Å². The molecule has 1 aromatic heterocycles. The van der Waals surface area contributed by atoms with Gasteiger partial charge in [-0.1, -0.05) is 0 Å². The molecule has 140 valence electrons. The first-order valence-corrected chi connectivity index (χ1v) is 10.3. The van der Waals surface area contributed by atoms with Gasteiger partial charge in [0.15, 0.2) is 9.84 Å². The summed E-state index contributed by atoms with van der Waals surface area (Å²) < 4.78 is 25.4. The Morgan fingerprint density at radius 3 is 2.31 bits per heavy atom. The number of carbonyl (C=O) groups is 1. The van der Waals surface area contributed by atoms with E-state index < -0.39 is 9.84 Å². The lowest BCUT2D eigenvalue weighted by atomic mass is 10.1. The molecule has 1 atom stereocenters. The van der Waals surface area contributed by atoms with Crippen molar-refractivity contribution in [2.24, 2.45) is 0 Å². The van der Waals surface area contributed by atoms with Crippen LogP contribution < -0.4 is 0 Å². The number of benzene rings is 1. The van der Waals surface area contributed by atoms with E-state index in [0.717, 1.165) is 17.1 Å². The summed E-state index contributed by atoms with van der Waals surface area (Å²) in [5.74, 6) is -0.0515. The van der Waals surface area contributed by atoms with Gasteiger partial charge in [0.05, 0.1) is 28.9 Å². The van der Waals surface area contributed by atoms with Gasteiger partial charge in [0.25, 0.3) is 5.91 Å². The van der Waals surface area contributed by atoms with E-state index in [1.54, 1.807) is 36.2 Å². The summed E-state index contributed by atoms with van der Waals surface area (Å²) in [5, 5.41) is 7.66. The minimum Gasteiger partial charge on any atom is -0.268 e. The van der Waals surface area contributed by atoms with Crippen LogP contribution in [-0.2, 0) is 9.84 Å². The maximum absolute atomic E-state index is 13.0. The Labute approximate surface area is 154 Å². The number of nitrogens with zero attached hydrogens (tertiary/aromatic N) is 4. The number of hydrogen-bond acceptors (Lipinski definition) is 5. The van der Waals surface area contributed by atoms with Crippen LogP contribution in [0, 0.1) is 13.8 Å². The lowest BCUT2D eigenvalue weighted by molar-refractivity contribution is 0.00101. The maximum Gasteiger partial charge on any atom is 0.268 e. The van der Waals surface area contributed by atoms with E-state index in [1.807, 2.05) is 36.7 Å². The molecule has 8 heteroatoms. The highest BCUT2D eigenvalue weighted by molar-refractivity contribution is 7.91. The van der Waals surface area contributed by atoms with Gasteiger partial charge in [0.2, 0.25) is 0 Å². The van der Waals surface area contributed by atoms with Crippen molar-refractivity contribution >= 4 is 15.7 Å². The highest BCUT2D eigenvalue weighted by Gasteiger charge is 2.36. The lowest BCUT2D eigenvalue weighted by Gasteiger charge is -2.33. The number of aromatic nitrogens is 2. The molecule has 2 heterocycles. The van der Waals surface area contributed by atoms with E-state index in [1.165, 1.54) is 0 Å². The van der Waals surface area contributed by atoms with Crippen LogP contribution in [0.15, 0.2) is 30.3 Å². The smallest absolute Gasteiger partial charge is 0.268 e. The monoisotopic (exact) mass is 376 g/mol. The molecule has 0 unspecified atom stereocenters. The number of hydrazine groups is 1. The Morgan fingerprint density at radius 2 is 1.85 bits per heavy atom. The quantitative estimate of drug-likeness (QED) is 0.758. The van der Waals surface area contributed by atoms with Gasteiger partial charge >= 0.3 is 0 Å². The third kappa shape index (κ3) is 3.66. The van der Waals surface area contributed by atoms with Crippen LogP contribution in [-0.4, -0.2) is 65.8 Å². The van der Waals surface area contributed by atoms with Crippen LogP contribution in [0.25, 0.3) is 5.69 Å². The molecule has 0 saturated carbocycles. The average Bonchev–Trinajstić information content (AvgIpc) is 3.08. The lowest BCUT2D eigenvalue weighted by Crippen LogP contribution is -2.49. The summed E-state index contributed by atoms with van der Waals surface area (Å²) in [6.45, 7) is 3.92. The fourth-order valence-electron chi connectivity index (χ4n) is 3.41. The molecule has 1 aliphatic heterocycles. The molecule has 0 N–H and O–H groups in total. The van der Waals surface area contributed by atoms with Crippen molar-refractivity contribution in [1.82, 2.24) is 19.8 Å². The zero-order valence-corrected chi connectivity index (χ0v) is 16.3. The van der Waals surface area contributed by atoms with Crippen molar-refractivity contribution in [1.29, 1.82) is 0 Å². The molecule has 1 amide bonds. The van der Waals surface area contributed by atoms with Gasteiger partial charge in [0.1, 0.15) is 0 Å². The Morgan fingerprint density at radius 1 is 1.19 bits per heavy atom. The molecule has 1 aliphatic rings. The first-order valence-electron chi connectivity index (χ1n) is 8.53. The first kappa shape index (κ1) is 18.6. The second-order valence-corrected chi connectivity index (χ2v) is 9.17. The zero-order chi connectivity index (χ0) is 19.1. The molecule has 3 rings (SSSR count). The fraction of sp³-hybridized carbons (Fsp3) is 0.444. The second kappa shape index (κ2) is 6.85. The summed E-state index contributed by atoms with van der Waals surface area (Å²) >= 11 is 0. The van der Waals surface area contributed by atoms with E-state index in [2.05, 4.69) is 5.10 Å². The van der Waals surface area contributed by atoms with Crippen LogP contribution in [0.2, 0.25) is 0 Å². The van der Waals surface area contributed by atoms with Crippen molar-refractivity contribution < 1.29 is 13.2 Å². The third-order valence-corrected chi connectivity index (χ3v) is 6.31. The van der Waals surface area contributed by atoms with Gasteiger partial charge in [-0.05, 0) is 50.6 Å². The summed E-state index contributed by atoms with van der Waals surface area (Å²) in [6, 6.07) is 8.89. The van der Waals surface area contributed by atoms with E-state index in [9.17, 15) is 13.2 Å². The molecule has 7 nitrogen and oxygen atoms in total. The molecule has 26 heavy (non-hydrogen) atoms. The molecule has 2 aromatic rings. The first-order chi connectivity index (χ1) is 12.2. The molecule has 1 fully saturated rings. The number of amides is 1. The molecular formula is C18H24N4O3S. The minimum absolute atomic E-state index is 0.0146. The SMILES string of the molecule is Cc1cc(C)n(-c2ccc(C(=O)N([C@H]3CCS(=O)(=O)C3)N(C)C)cc2)n1. The minimum atomic E-state index is -3.07. The average molecular weight is 376 g/mol. The summed E-state index contributed by atoms with van der Waals surface area (Å²) in [6.07, 6.45) is 0.468. The van der Waals surface area contributed by atoms with Crippen LogP contribution >= 0.6 is 0 Å². The van der Waals surface area contributed by atoms with Crippen molar-refractivity contribution in [3.8, 4) is 5.69 Å². The van der Waals surface area contributed by atoms with Crippen LogP contribution in [0.3, 0.4) is 0 Å². The van der Waals surface area contributed by atoms with Gasteiger partial charge < -0.3 is 0 Å². The Hall–Kier alpha value is -2.19. The Balaban J connectivity index is 1.85. The van der Waals surface area contributed by atoms with E-state index >= 15 is 0 Å². The summed E-state index contributed by atoms with van der Waals surface area (Å²) in [7, 11) is 0.447. The largest absolute Gasteiger partial charge is 0.268 e. The molecule has 0 aliphatic carbocycles. The number of hydrogen-bond donors (Lipinski definition) is 0. The van der Waals surface area contributed by atoms with Gasteiger partial charge in [-0.2, -0.15) is 5.10 Å². The van der Waals surface area contributed by atoms with E-state index in [-0.39, 0.29) is 23.5 Å². The van der Waals surface area contributed by atoms with Crippen molar-refractivity contribution in [2.45, 2.75) is 26.3 Å². The summed E-state index contributed by atoms with van der Waals surface area (Å²) in [4.78, 5) is 13.0. The maximum atomic E-state index is 13.0. The highest BCUT2D eigenvalue weighted by atomic mass is 32.2. The molecular weight excluding hydrogens is 352 g/mol. The summed E-state index contributed by atoms with van der Waals surface area (Å²) in [5.41, 5.74) is 3.36. The van der Waals surface area contributed by atoms with Gasteiger partial charge in [-0.15, -0.1) is 0 Å². The Bertz CT molecular complexity index is 916. The standard InChI is InChI=1S/C18H24N4O3S/c1-13-11-14(2)21(19-13)16-7-5-15(6-8-16)18(23)22(20(3)4)17-9-10-26(24,25)12-17/h5-8,11,17H,9-10,12H2,1-4H3/t17-/m0/s1. The topological polar surface area (TPSA) is 75.5 Å². The van der Waals surface area contributed by atoms with Crippen LogP contribution in [0.1, 0.15) is 28.2 Å². The molecule has 0 bridgehead atoms. The number of carbonyl (C=O) groups excluding carboxylic acids is 1. The Kier molecular flexibility index (Phi) is 4.90. The second-order valence-electron chi connectivity index (χ2n) is 6.94. The molecule has 0 spiro atoms. The third-order valence-electron chi connectivity index (χ3n) is 4.56. The van der Waals surface area contributed by atoms with Gasteiger partial charge in [-0.25, -0.2) is 18.1 Å². The van der Waals surface area contributed by atoms with Crippen molar-refractivity contribution in [2.75, 3.05) is 25.6 Å². The highest BCUT2D eigenvalue weighted by Crippen LogP contribution is 2.21. The van der Waals surface area contributed by atoms with Crippen LogP contribution in [0.5, 0.6) is 0 Å². The normalized spacial score (nSPS) is 19.0. The van der Waals surface area contributed by atoms with Crippen molar-refractivity contribution in [3.05, 3.63) is 47.3 Å². The predicted octanol–water partition coefficient (Wildman–Crippen LogP) is 1.60. The molecule has 0 radical (unpaired) electrons. The fourth-order valence-corrected chi connectivity index (χ4v) is 5.10. The van der Waals surface area contributed by atoms with Crippen LogP contribution in [0.4, 0.5) is 0 Å². The van der Waals surface area contributed by atoms with Crippen molar-refractivity contribution in [3.63, 3.8) is 0 Å². The predicted molar refractivity (Wildman–Crippen MR) is 100.0 cm³/mol. The zero-order valence-electron chi connectivity index (χ0n) is 15.5. The molecule has 1 aromatic carbocycles.